The average molecular weight is 654 g/mol. The smallest absolute Gasteiger partial charge is 0.319 e. The zero-order valence-corrected chi connectivity index (χ0v) is 25.4. The van der Waals surface area contributed by atoms with Gasteiger partial charge < -0.3 is 24.3 Å². The van der Waals surface area contributed by atoms with E-state index in [1.165, 1.54) is 23.2 Å². The molecule has 0 N–H and O–H groups in total. The highest BCUT2D eigenvalue weighted by atomic mass is 35.5. The van der Waals surface area contributed by atoms with Crippen molar-refractivity contribution in [1.82, 2.24) is 24.8 Å². The van der Waals surface area contributed by atoms with E-state index in [9.17, 15) is 18.0 Å². The predicted molar refractivity (Wildman–Crippen MR) is 166 cm³/mol. The number of likely N-dealkylation sites (tertiary alicyclic amines) is 1. The van der Waals surface area contributed by atoms with Gasteiger partial charge in [-0.15, -0.1) is 0 Å². The molecule has 2 fully saturated rings. The molecule has 2 aliphatic rings. The van der Waals surface area contributed by atoms with E-state index < -0.39 is 41.5 Å². The monoisotopic (exact) mass is 653 g/mol. The van der Waals surface area contributed by atoms with Gasteiger partial charge in [0, 0.05) is 55.8 Å². The quantitative estimate of drug-likeness (QED) is 0.149. The highest BCUT2D eigenvalue weighted by Gasteiger charge is 2.36. The molecule has 4 aromatic rings. The first kappa shape index (κ1) is 31.4. The van der Waals surface area contributed by atoms with E-state index in [1.807, 2.05) is 4.90 Å². The maximum Gasteiger partial charge on any atom is 0.319 e. The first-order chi connectivity index (χ1) is 22.1. The van der Waals surface area contributed by atoms with Crippen LogP contribution in [0.3, 0.4) is 0 Å². The van der Waals surface area contributed by atoms with Crippen molar-refractivity contribution >= 4 is 45.0 Å². The number of pyridine rings is 1. The number of benzene rings is 2. The van der Waals surface area contributed by atoms with Crippen molar-refractivity contribution in [2.24, 2.45) is 5.92 Å². The number of amides is 1. The van der Waals surface area contributed by atoms with Crippen LogP contribution in [0.5, 0.6) is 6.01 Å². The second-order valence-corrected chi connectivity index (χ2v) is 11.8. The number of anilines is 1. The van der Waals surface area contributed by atoms with Gasteiger partial charge >= 0.3 is 6.01 Å². The first-order valence-electron chi connectivity index (χ1n) is 14.5. The number of halogens is 5. The lowest BCUT2D eigenvalue weighted by Crippen LogP contribution is -2.56. The van der Waals surface area contributed by atoms with Crippen molar-refractivity contribution in [2.45, 2.75) is 12.2 Å². The Morgan fingerprint density at radius 1 is 1.17 bits per heavy atom. The maximum absolute atomic E-state index is 16.6. The second kappa shape index (κ2) is 12.7. The van der Waals surface area contributed by atoms with Gasteiger partial charge in [-0.05, 0) is 18.5 Å². The van der Waals surface area contributed by atoms with E-state index >= 15 is 4.39 Å². The summed E-state index contributed by atoms with van der Waals surface area (Å²) < 4.78 is 65.3. The normalized spacial score (nSPS) is 20.3. The Bertz CT molecular complexity index is 1900. The van der Waals surface area contributed by atoms with Gasteiger partial charge in [0.05, 0.1) is 17.0 Å². The first-order valence-corrected chi connectivity index (χ1v) is 14.9. The van der Waals surface area contributed by atoms with Crippen molar-refractivity contribution in [3.63, 3.8) is 0 Å². The molecule has 2 aromatic carbocycles. The van der Waals surface area contributed by atoms with Crippen LogP contribution < -0.4 is 9.64 Å². The number of fused-ring (bicyclic) bond motifs is 2. The van der Waals surface area contributed by atoms with Crippen molar-refractivity contribution < 1.29 is 27.1 Å². The highest BCUT2D eigenvalue weighted by Crippen LogP contribution is 2.38. The largest absolute Gasteiger partial charge is 0.463 e. The predicted octanol–water partition coefficient (Wildman–Crippen LogP) is 5.47. The Kier molecular flexibility index (Phi) is 8.67. The molecule has 2 saturated heterocycles. The molecule has 1 amide bonds. The zero-order valence-electron chi connectivity index (χ0n) is 24.7. The van der Waals surface area contributed by atoms with Gasteiger partial charge in [-0.1, -0.05) is 42.4 Å². The third-order valence-electron chi connectivity index (χ3n) is 8.38. The van der Waals surface area contributed by atoms with Crippen LogP contribution in [0.1, 0.15) is 0 Å². The molecule has 6 rings (SSSR count). The molecule has 0 spiro atoms. The lowest BCUT2D eigenvalue weighted by Gasteiger charge is -2.39. The zero-order chi connectivity index (χ0) is 32.7. The summed E-state index contributed by atoms with van der Waals surface area (Å²) in [6.07, 6.45) is 0.256. The molecule has 3 atom stereocenters. The number of nitrogens with zero attached hydrogens (tertiary/aromatic N) is 7. The molecule has 46 heavy (non-hydrogen) atoms. The van der Waals surface area contributed by atoms with Crippen LogP contribution in [0.25, 0.3) is 37.8 Å². The number of hydrogen-bond acceptors (Lipinski definition) is 7. The minimum Gasteiger partial charge on any atom is -0.463 e. The fraction of sp³-hybridized carbons (Fsp3) is 0.344. The van der Waals surface area contributed by atoms with E-state index in [1.54, 1.807) is 30.1 Å². The Morgan fingerprint density at radius 2 is 1.98 bits per heavy atom. The molecule has 9 nitrogen and oxygen atoms in total. The summed E-state index contributed by atoms with van der Waals surface area (Å²) in [6.45, 7) is 11.3. The second-order valence-electron chi connectivity index (χ2n) is 11.4. The van der Waals surface area contributed by atoms with Gasteiger partial charge in [0.25, 0.3) is 5.91 Å². The fourth-order valence-electron chi connectivity index (χ4n) is 6.13. The van der Waals surface area contributed by atoms with Crippen LogP contribution in [0.2, 0.25) is 5.02 Å². The van der Waals surface area contributed by atoms with Crippen molar-refractivity contribution in [3.8, 4) is 17.3 Å². The standard InChI is InChI=1S/C32H28ClF4N7O2/c1-17(34)31(45)44-10-9-43(14-20(44)11-38-2)30-22-12-39-28(21-6-4-5-18-7-8-23(35)26(33)25(18)21)27(37)29(22)40-32(41-30)46-16-19-13-42(3)15-24(19)36/h4-8,12,19-20,24H,1,9-11,13-16H2,3H3/t19-,20-,24-/m0/s1. The van der Waals surface area contributed by atoms with Crippen molar-refractivity contribution in [3.05, 3.63) is 77.0 Å². The summed E-state index contributed by atoms with van der Waals surface area (Å²) in [7, 11) is 1.80. The molecule has 2 aromatic heterocycles. The third kappa shape index (κ3) is 5.78. The lowest BCUT2D eigenvalue weighted by molar-refractivity contribution is -0.131. The van der Waals surface area contributed by atoms with Crippen LogP contribution in [0, 0.1) is 24.1 Å². The molecule has 14 heteroatoms. The number of carbonyl (C=O) groups excluding carboxylic acids is 1. The molecule has 2 aliphatic heterocycles. The number of alkyl halides is 1. The van der Waals surface area contributed by atoms with Gasteiger partial charge in [-0.3, -0.25) is 9.78 Å². The molecule has 238 valence electrons. The van der Waals surface area contributed by atoms with Gasteiger partial charge in [-0.25, -0.2) is 24.1 Å². The minimum atomic E-state index is -1.14. The van der Waals surface area contributed by atoms with Crippen LogP contribution in [-0.4, -0.2) is 95.8 Å². The van der Waals surface area contributed by atoms with E-state index in [0.717, 1.165) is 0 Å². The molecule has 0 unspecified atom stereocenters. The summed E-state index contributed by atoms with van der Waals surface area (Å²) in [6, 6.07) is 6.80. The topological polar surface area (TPSA) is 79.1 Å². The minimum absolute atomic E-state index is 0.0374. The maximum atomic E-state index is 16.6. The fourth-order valence-corrected chi connectivity index (χ4v) is 6.40. The number of ether oxygens (including phenoxy) is 1. The summed E-state index contributed by atoms with van der Waals surface area (Å²) >= 11 is 6.33. The van der Waals surface area contributed by atoms with Gasteiger partial charge in [0.1, 0.15) is 35.1 Å². The Morgan fingerprint density at radius 3 is 2.70 bits per heavy atom. The highest BCUT2D eigenvalue weighted by molar-refractivity contribution is 6.36. The van der Waals surface area contributed by atoms with Gasteiger partial charge in [-0.2, -0.15) is 9.97 Å². The molecule has 0 bridgehead atoms. The number of piperazine rings is 1. The number of aromatic nitrogens is 3. The summed E-state index contributed by atoms with van der Waals surface area (Å²) in [5, 5.41) is 0.871. The third-order valence-corrected chi connectivity index (χ3v) is 8.75. The molecule has 4 heterocycles. The van der Waals surface area contributed by atoms with Gasteiger partial charge in [0.15, 0.2) is 11.6 Å². The lowest BCUT2D eigenvalue weighted by atomic mass is 10.0. The molecule has 0 aliphatic carbocycles. The Labute approximate surface area is 266 Å². The van der Waals surface area contributed by atoms with Crippen LogP contribution in [0.4, 0.5) is 23.4 Å². The number of rotatable bonds is 7. The average Bonchev–Trinajstić information content (AvgIpc) is 3.37. The Hall–Kier alpha value is -4.54. The summed E-state index contributed by atoms with van der Waals surface area (Å²) in [4.78, 5) is 34.0. The number of carbonyl (C=O) groups is 1. The van der Waals surface area contributed by atoms with Crippen molar-refractivity contribution in [2.75, 3.05) is 57.8 Å². The van der Waals surface area contributed by atoms with Crippen LogP contribution in [0.15, 0.2) is 48.9 Å². The van der Waals surface area contributed by atoms with Gasteiger partial charge in [0.2, 0.25) is 6.54 Å². The van der Waals surface area contributed by atoms with E-state index in [0.29, 0.717) is 11.9 Å². The molecule has 0 saturated carbocycles. The van der Waals surface area contributed by atoms with Crippen LogP contribution in [-0.2, 0) is 4.79 Å². The van der Waals surface area contributed by atoms with E-state index in [-0.39, 0.29) is 83.7 Å². The van der Waals surface area contributed by atoms with Crippen molar-refractivity contribution in [1.29, 1.82) is 0 Å². The molecule has 0 radical (unpaired) electrons. The molecular weight excluding hydrogens is 626 g/mol. The Balaban J connectivity index is 1.46. The summed E-state index contributed by atoms with van der Waals surface area (Å²) in [5.41, 5.74) is -0.0496. The summed E-state index contributed by atoms with van der Waals surface area (Å²) in [5.74, 6) is -3.80. The number of hydrogen-bond donors (Lipinski definition) is 0. The SMILES string of the molecule is [C-]#[N+]C[C@H]1CN(c2nc(OC[C@@H]3CN(C)C[C@@H]3F)nc3c(F)c(-c4cccc5ccc(F)c(Cl)c45)ncc23)CCN1C(=O)C(=C)F. The van der Waals surface area contributed by atoms with Crippen LogP contribution >= 0.6 is 11.6 Å². The van der Waals surface area contributed by atoms with E-state index in [2.05, 4.69) is 26.4 Å². The van der Waals surface area contributed by atoms with E-state index in [4.69, 9.17) is 22.9 Å². The molecular formula is C32H28ClF4N7O2.